The Morgan fingerprint density at radius 1 is 1.20 bits per heavy atom. The highest BCUT2D eigenvalue weighted by Gasteiger charge is 2.27. The Hall–Kier alpha value is -2.11. The number of amides is 1. The van der Waals surface area contributed by atoms with Crippen LogP contribution in [-0.2, 0) is 4.79 Å². The zero-order valence-corrected chi connectivity index (χ0v) is 11.4. The van der Waals surface area contributed by atoms with Gasteiger partial charge in [0.25, 0.3) is 0 Å². The molecule has 106 valence electrons. The number of carbonyl (C=O) groups is 1. The average Bonchev–Trinajstić information content (AvgIpc) is 2.73. The number of aliphatic hydroxyl groups excluding tert-OH is 2. The molecular weight excluding hydrogens is 256 g/mol. The highest BCUT2D eigenvalue weighted by molar-refractivity contribution is 5.79. The molecule has 0 saturated carbocycles. The highest BCUT2D eigenvalue weighted by Crippen LogP contribution is 2.27. The van der Waals surface area contributed by atoms with Crippen molar-refractivity contribution in [3.05, 3.63) is 53.3 Å². The number of para-hydroxylation sites is 1. The van der Waals surface area contributed by atoms with Crippen LogP contribution in [0, 0.1) is 13.8 Å². The number of aromatic nitrogens is 1. The first kappa shape index (κ1) is 14.3. The zero-order valence-electron chi connectivity index (χ0n) is 11.4. The predicted octanol–water partition coefficient (Wildman–Crippen LogP) is 0.974. The van der Waals surface area contributed by atoms with Gasteiger partial charge in [0.15, 0.2) is 6.10 Å². The normalized spacial score (nSPS) is 14.0. The van der Waals surface area contributed by atoms with Gasteiger partial charge < -0.3 is 20.5 Å². The van der Waals surface area contributed by atoms with Gasteiger partial charge in [-0.25, -0.2) is 0 Å². The third-order valence-corrected chi connectivity index (χ3v) is 3.39. The second-order valence-corrected chi connectivity index (χ2v) is 4.79. The summed E-state index contributed by atoms with van der Waals surface area (Å²) >= 11 is 0. The van der Waals surface area contributed by atoms with Crippen molar-refractivity contribution >= 4 is 5.91 Å². The molecule has 1 aromatic heterocycles. The van der Waals surface area contributed by atoms with Gasteiger partial charge >= 0.3 is 0 Å². The van der Waals surface area contributed by atoms with Crippen molar-refractivity contribution in [1.29, 1.82) is 0 Å². The summed E-state index contributed by atoms with van der Waals surface area (Å²) in [6, 6.07) is 11.4. The van der Waals surface area contributed by atoms with Crippen LogP contribution in [0.15, 0.2) is 36.4 Å². The third-order valence-electron chi connectivity index (χ3n) is 3.39. The maximum atomic E-state index is 11.0. The van der Waals surface area contributed by atoms with Crippen molar-refractivity contribution in [3.63, 3.8) is 0 Å². The van der Waals surface area contributed by atoms with Crippen LogP contribution < -0.4 is 5.73 Å². The van der Waals surface area contributed by atoms with Crippen LogP contribution >= 0.6 is 0 Å². The lowest BCUT2D eigenvalue weighted by atomic mass is 10.0. The van der Waals surface area contributed by atoms with Crippen molar-refractivity contribution in [2.24, 2.45) is 5.73 Å². The largest absolute Gasteiger partial charge is 0.385 e. The molecule has 2 atom stereocenters. The van der Waals surface area contributed by atoms with Gasteiger partial charge in [-0.1, -0.05) is 18.2 Å². The topological polar surface area (TPSA) is 88.5 Å². The molecule has 20 heavy (non-hydrogen) atoms. The van der Waals surface area contributed by atoms with E-state index in [1.54, 1.807) is 6.07 Å². The standard InChI is InChI=1S/C15H18N2O3/c1-9-8-12(13(18)14(19)15(16)20)10(2)17(9)11-6-4-3-5-7-11/h3-8,13-14,18-19H,1-2H3,(H2,16,20). The minimum Gasteiger partial charge on any atom is -0.385 e. The monoisotopic (exact) mass is 274 g/mol. The van der Waals surface area contributed by atoms with Gasteiger partial charge in [-0.2, -0.15) is 0 Å². The number of hydrogen-bond acceptors (Lipinski definition) is 3. The molecule has 4 N–H and O–H groups in total. The Bertz CT molecular complexity index is 620. The van der Waals surface area contributed by atoms with Crippen LogP contribution in [0.4, 0.5) is 0 Å². The summed E-state index contributed by atoms with van der Waals surface area (Å²) in [5, 5.41) is 19.7. The second-order valence-electron chi connectivity index (χ2n) is 4.79. The molecule has 1 amide bonds. The fraction of sp³-hybridized carbons (Fsp3) is 0.267. The molecule has 0 spiro atoms. The van der Waals surface area contributed by atoms with E-state index in [4.69, 9.17) is 5.73 Å². The first-order valence-electron chi connectivity index (χ1n) is 6.33. The molecule has 2 aromatic rings. The molecule has 5 nitrogen and oxygen atoms in total. The van der Waals surface area contributed by atoms with E-state index in [1.807, 2.05) is 48.7 Å². The fourth-order valence-electron chi connectivity index (χ4n) is 2.39. The van der Waals surface area contributed by atoms with Gasteiger partial charge in [-0.3, -0.25) is 4.79 Å². The lowest BCUT2D eigenvalue weighted by Crippen LogP contribution is -2.34. The van der Waals surface area contributed by atoms with Crippen LogP contribution in [-0.4, -0.2) is 26.8 Å². The predicted molar refractivity (Wildman–Crippen MR) is 75.4 cm³/mol. The number of carbonyl (C=O) groups excluding carboxylic acids is 1. The van der Waals surface area contributed by atoms with E-state index in [1.165, 1.54) is 0 Å². The molecule has 0 bridgehead atoms. The van der Waals surface area contributed by atoms with E-state index < -0.39 is 18.1 Å². The molecule has 0 aliphatic heterocycles. The summed E-state index contributed by atoms with van der Waals surface area (Å²) in [6.07, 6.45) is -2.93. The Balaban J connectivity index is 2.47. The van der Waals surface area contributed by atoms with Gasteiger partial charge in [0, 0.05) is 22.6 Å². The molecule has 1 heterocycles. The van der Waals surface area contributed by atoms with Crippen LogP contribution in [0.5, 0.6) is 0 Å². The number of nitrogens with two attached hydrogens (primary N) is 1. The molecule has 5 heteroatoms. The number of aliphatic hydroxyl groups is 2. The van der Waals surface area contributed by atoms with Gasteiger partial charge in [0.1, 0.15) is 6.10 Å². The van der Waals surface area contributed by atoms with Crippen molar-refractivity contribution in [2.45, 2.75) is 26.1 Å². The van der Waals surface area contributed by atoms with Gasteiger partial charge in [0.05, 0.1) is 0 Å². The van der Waals surface area contributed by atoms with E-state index >= 15 is 0 Å². The lowest BCUT2D eigenvalue weighted by Gasteiger charge is -2.16. The Labute approximate surface area is 117 Å². The highest BCUT2D eigenvalue weighted by atomic mass is 16.3. The van der Waals surface area contributed by atoms with E-state index in [0.717, 1.165) is 17.1 Å². The minimum atomic E-state index is -1.61. The Kier molecular flexibility index (Phi) is 3.92. The molecule has 0 aliphatic carbocycles. The SMILES string of the molecule is Cc1cc(C(O)C(O)C(N)=O)c(C)n1-c1ccccc1. The van der Waals surface area contributed by atoms with E-state index in [9.17, 15) is 15.0 Å². The van der Waals surface area contributed by atoms with Crippen molar-refractivity contribution < 1.29 is 15.0 Å². The molecule has 2 rings (SSSR count). The molecular formula is C15H18N2O3. The van der Waals surface area contributed by atoms with Crippen molar-refractivity contribution in [3.8, 4) is 5.69 Å². The number of nitrogens with zero attached hydrogens (tertiary/aromatic N) is 1. The summed E-state index contributed by atoms with van der Waals surface area (Å²) < 4.78 is 1.95. The summed E-state index contributed by atoms with van der Waals surface area (Å²) in [7, 11) is 0. The summed E-state index contributed by atoms with van der Waals surface area (Å²) in [5.41, 5.74) is 8.14. The van der Waals surface area contributed by atoms with Crippen LogP contribution in [0.3, 0.4) is 0 Å². The summed E-state index contributed by atoms with van der Waals surface area (Å²) in [6.45, 7) is 3.72. The molecule has 0 radical (unpaired) electrons. The molecule has 2 unspecified atom stereocenters. The number of rotatable bonds is 4. The second kappa shape index (κ2) is 5.48. The maximum Gasteiger partial charge on any atom is 0.249 e. The van der Waals surface area contributed by atoms with E-state index in [-0.39, 0.29) is 0 Å². The average molecular weight is 274 g/mol. The van der Waals surface area contributed by atoms with Crippen LogP contribution in [0.1, 0.15) is 23.1 Å². The van der Waals surface area contributed by atoms with Crippen LogP contribution in [0.2, 0.25) is 0 Å². The summed E-state index contributed by atoms with van der Waals surface area (Å²) in [4.78, 5) is 11.0. The number of hydrogen-bond donors (Lipinski definition) is 3. The molecule has 1 aromatic carbocycles. The van der Waals surface area contributed by atoms with Crippen molar-refractivity contribution in [1.82, 2.24) is 4.57 Å². The zero-order chi connectivity index (χ0) is 14.9. The first-order valence-corrected chi connectivity index (χ1v) is 6.33. The molecule has 0 fully saturated rings. The third kappa shape index (κ3) is 2.45. The van der Waals surface area contributed by atoms with E-state index in [0.29, 0.717) is 5.56 Å². The molecule has 0 aliphatic rings. The smallest absolute Gasteiger partial charge is 0.249 e. The fourth-order valence-corrected chi connectivity index (χ4v) is 2.39. The quantitative estimate of drug-likeness (QED) is 0.776. The first-order chi connectivity index (χ1) is 9.43. The number of aryl methyl sites for hydroxylation is 1. The van der Waals surface area contributed by atoms with E-state index in [2.05, 4.69) is 0 Å². The number of benzene rings is 1. The summed E-state index contributed by atoms with van der Waals surface area (Å²) in [5.74, 6) is -0.943. The molecule has 0 saturated heterocycles. The van der Waals surface area contributed by atoms with Gasteiger partial charge in [-0.05, 0) is 32.0 Å². The minimum absolute atomic E-state index is 0.498. The lowest BCUT2D eigenvalue weighted by molar-refractivity contribution is -0.131. The van der Waals surface area contributed by atoms with Gasteiger partial charge in [-0.15, -0.1) is 0 Å². The maximum absolute atomic E-state index is 11.0. The Morgan fingerprint density at radius 3 is 2.35 bits per heavy atom. The van der Waals surface area contributed by atoms with Crippen LogP contribution in [0.25, 0.3) is 5.69 Å². The Morgan fingerprint density at radius 2 is 1.80 bits per heavy atom. The number of primary amides is 1. The van der Waals surface area contributed by atoms with Gasteiger partial charge in [0.2, 0.25) is 5.91 Å². The van der Waals surface area contributed by atoms with Crippen molar-refractivity contribution in [2.75, 3.05) is 0 Å².